The van der Waals surface area contributed by atoms with E-state index in [0.29, 0.717) is 18.4 Å². The highest BCUT2D eigenvalue weighted by Crippen LogP contribution is 2.62. The summed E-state index contributed by atoms with van der Waals surface area (Å²) >= 11 is 0. The standard InChI is InChI=1S/C11H18O3/c1-7(6-14-2)11(10(12)13)4-8-3-9(8)5-11/h7-9H,3-6H2,1-2H3,(H,12,13). The van der Waals surface area contributed by atoms with Gasteiger partial charge < -0.3 is 9.84 Å². The quantitative estimate of drug-likeness (QED) is 0.748. The number of ether oxygens (including phenoxy) is 1. The Labute approximate surface area is 84.4 Å². The van der Waals surface area contributed by atoms with Gasteiger partial charge in [-0.15, -0.1) is 0 Å². The fraction of sp³-hybridized carbons (Fsp3) is 0.909. The van der Waals surface area contributed by atoms with E-state index in [0.717, 1.165) is 12.8 Å². The minimum Gasteiger partial charge on any atom is -0.481 e. The molecule has 2 saturated carbocycles. The van der Waals surface area contributed by atoms with E-state index in [1.165, 1.54) is 6.42 Å². The molecule has 0 saturated heterocycles. The third-order valence-corrected chi connectivity index (χ3v) is 4.11. The summed E-state index contributed by atoms with van der Waals surface area (Å²) in [7, 11) is 1.64. The number of hydrogen-bond acceptors (Lipinski definition) is 2. The molecule has 3 atom stereocenters. The highest BCUT2D eigenvalue weighted by molar-refractivity contribution is 5.76. The molecule has 0 bridgehead atoms. The van der Waals surface area contributed by atoms with Crippen LogP contribution in [-0.4, -0.2) is 24.8 Å². The Morgan fingerprint density at radius 3 is 2.57 bits per heavy atom. The number of fused-ring (bicyclic) bond motifs is 1. The smallest absolute Gasteiger partial charge is 0.310 e. The van der Waals surface area contributed by atoms with Crippen LogP contribution < -0.4 is 0 Å². The predicted octanol–water partition coefficient (Wildman–Crippen LogP) is 1.77. The van der Waals surface area contributed by atoms with Crippen LogP contribution in [0.2, 0.25) is 0 Å². The Hall–Kier alpha value is -0.570. The van der Waals surface area contributed by atoms with E-state index < -0.39 is 11.4 Å². The van der Waals surface area contributed by atoms with E-state index in [9.17, 15) is 9.90 Å². The second kappa shape index (κ2) is 3.23. The Bertz CT molecular complexity index is 239. The zero-order chi connectivity index (χ0) is 10.3. The molecular formula is C11H18O3. The molecule has 0 aromatic carbocycles. The van der Waals surface area contributed by atoms with Gasteiger partial charge in [-0.2, -0.15) is 0 Å². The summed E-state index contributed by atoms with van der Waals surface area (Å²) in [6, 6.07) is 0. The Balaban J connectivity index is 2.10. The van der Waals surface area contributed by atoms with E-state index in [2.05, 4.69) is 0 Å². The molecule has 1 N–H and O–H groups in total. The van der Waals surface area contributed by atoms with E-state index in [-0.39, 0.29) is 5.92 Å². The fourth-order valence-corrected chi connectivity index (χ4v) is 3.03. The second-order valence-corrected chi connectivity index (χ2v) is 4.98. The van der Waals surface area contributed by atoms with Crippen molar-refractivity contribution in [3.63, 3.8) is 0 Å². The summed E-state index contributed by atoms with van der Waals surface area (Å²) in [5.74, 6) is 0.919. The van der Waals surface area contributed by atoms with Crippen LogP contribution in [0.25, 0.3) is 0 Å². The first-order chi connectivity index (χ1) is 6.60. The molecule has 0 aromatic heterocycles. The lowest BCUT2D eigenvalue weighted by molar-refractivity contribution is -0.154. The number of aliphatic carboxylic acids is 1. The van der Waals surface area contributed by atoms with E-state index in [1.54, 1.807) is 7.11 Å². The van der Waals surface area contributed by atoms with Gasteiger partial charge in [-0.25, -0.2) is 0 Å². The zero-order valence-corrected chi connectivity index (χ0v) is 8.82. The van der Waals surface area contributed by atoms with Gasteiger partial charge in [0.2, 0.25) is 0 Å². The lowest BCUT2D eigenvalue weighted by Gasteiger charge is -2.32. The van der Waals surface area contributed by atoms with Crippen LogP contribution in [-0.2, 0) is 9.53 Å². The first-order valence-corrected chi connectivity index (χ1v) is 5.32. The first kappa shape index (κ1) is 9.97. The average molecular weight is 198 g/mol. The van der Waals surface area contributed by atoms with E-state index in [4.69, 9.17) is 4.74 Å². The van der Waals surface area contributed by atoms with Crippen LogP contribution in [0.5, 0.6) is 0 Å². The SMILES string of the molecule is COCC(C)C1(C(=O)O)CC2CC2C1. The van der Waals surface area contributed by atoms with Gasteiger partial charge in [0.15, 0.2) is 0 Å². The summed E-state index contributed by atoms with van der Waals surface area (Å²) < 4.78 is 5.08. The molecule has 3 unspecified atom stereocenters. The summed E-state index contributed by atoms with van der Waals surface area (Å²) in [5.41, 5.74) is -0.483. The molecule has 80 valence electrons. The summed E-state index contributed by atoms with van der Waals surface area (Å²) in [6.07, 6.45) is 3.00. The van der Waals surface area contributed by atoms with Crippen molar-refractivity contribution in [2.24, 2.45) is 23.2 Å². The van der Waals surface area contributed by atoms with Crippen molar-refractivity contribution in [2.45, 2.75) is 26.2 Å². The van der Waals surface area contributed by atoms with Gasteiger partial charge >= 0.3 is 5.97 Å². The Morgan fingerprint density at radius 1 is 1.57 bits per heavy atom. The molecule has 3 nitrogen and oxygen atoms in total. The average Bonchev–Trinajstić information content (AvgIpc) is 2.74. The van der Waals surface area contributed by atoms with Crippen molar-refractivity contribution in [2.75, 3.05) is 13.7 Å². The molecule has 0 amide bonds. The molecule has 0 aliphatic heterocycles. The van der Waals surface area contributed by atoms with Gasteiger partial charge in [-0.3, -0.25) is 4.79 Å². The number of methoxy groups -OCH3 is 1. The normalized spacial score (nSPS) is 41.9. The van der Waals surface area contributed by atoms with Crippen LogP contribution >= 0.6 is 0 Å². The maximum Gasteiger partial charge on any atom is 0.310 e. The van der Waals surface area contributed by atoms with E-state index in [1.807, 2.05) is 6.92 Å². The van der Waals surface area contributed by atoms with Gasteiger partial charge in [0.05, 0.1) is 5.41 Å². The van der Waals surface area contributed by atoms with Gasteiger partial charge in [-0.1, -0.05) is 6.92 Å². The highest BCUT2D eigenvalue weighted by Gasteiger charge is 2.59. The number of carbonyl (C=O) groups is 1. The van der Waals surface area contributed by atoms with Crippen LogP contribution in [0.4, 0.5) is 0 Å². The fourth-order valence-electron chi connectivity index (χ4n) is 3.03. The van der Waals surface area contributed by atoms with Crippen LogP contribution in [0, 0.1) is 23.2 Å². The van der Waals surface area contributed by atoms with Crippen molar-refractivity contribution in [1.82, 2.24) is 0 Å². The van der Waals surface area contributed by atoms with Crippen LogP contribution in [0.3, 0.4) is 0 Å². The molecule has 2 aliphatic rings. The molecule has 0 aromatic rings. The zero-order valence-electron chi connectivity index (χ0n) is 8.82. The van der Waals surface area contributed by atoms with E-state index >= 15 is 0 Å². The predicted molar refractivity (Wildman–Crippen MR) is 51.9 cm³/mol. The monoisotopic (exact) mass is 198 g/mol. The topological polar surface area (TPSA) is 46.5 Å². The number of hydrogen-bond donors (Lipinski definition) is 1. The molecular weight excluding hydrogens is 180 g/mol. The molecule has 0 heterocycles. The van der Waals surface area contributed by atoms with Crippen LogP contribution in [0.15, 0.2) is 0 Å². The van der Waals surface area contributed by atoms with Crippen LogP contribution in [0.1, 0.15) is 26.2 Å². The molecule has 14 heavy (non-hydrogen) atoms. The van der Waals surface area contributed by atoms with Gasteiger partial charge in [0.1, 0.15) is 0 Å². The summed E-state index contributed by atoms with van der Waals surface area (Å²) in [5, 5.41) is 9.34. The Kier molecular flexibility index (Phi) is 2.30. The van der Waals surface area contributed by atoms with Gasteiger partial charge in [-0.05, 0) is 37.0 Å². The molecule has 0 spiro atoms. The maximum atomic E-state index is 11.4. The minimum atomic E-state index is -0.616. The maximum absolute atomic E-state index is 11.4. The van der Waals surface area contributed by atoms with Crippen molar-refractivity contribution in [1.29, 1.82) is 0 Å². The van der Waals surface area contributed by atoms with Gasteiger partial charge in [0, 0.05) is 13.7 Å². The molecule has 2 fully saturated rings. The lowest BCUT2D eigenvalue weighted by atomic mass is 9.73. The summed E-state index contributed by atoms with van der Waals surface area (Å²) in [4.78, 5) is 11.4. The van der Waals surface area contributed by atoms with Gasteiger partial charge in [0.25, 0.3) is 0 Å². The molecule has 2 aliphatic carbocycles. The number of rotatable bonds is 4. The highest BCUT2D eigenvalue weighted by atomic mass is 16.5. The van der Waals surface area contributed by atoms with Crippen molar-refractivity contribution in [3.05, 3.63) is 0 Å². The Morgan fingerprint density at radius 2 is 2.14 bits per heavy atom. The second-order valence-electron chi connectivity index (χ2n) is 4.98. The first-order valence-electron chi connectivity index (χ1n) is 5.32. The largest absolute Gasteiger partial charge is 0.481 e. The molecule has 3 heteroatoms. The third-order valence-electron chi connectivity index (χ3n) is 4.11. The summed E-state index contributed by atoms with van der Waals surface area (Å²) in [6.45, 7) is 2.56. The number of carboxylic acids is 1. The lowest BCUT2D eigenvalue weighted by Crippen LogP contribution is -2.38. The molecule has 0 radical (unpaired) electrons. The number of carboxylic acid groups (broad SMARTS) is 1. The van der Waals surface area contributed by atoms with Crippen molar-refractivity contribution < 1.29 is 14.6 Å². The van der Waals surface area contributed by atoms with Crippen molar-refractivity contribution in [3.8, 4) is 0 Å². The third kappa shape index (κ3) is 1.34. The van der Waals surface area contributed by atoms with Crippen molar-refractivity contribution >= 4 is 5.97 Å². The minimum absolute atomic E-state index is 0.137. The molecule has 2 rings (SSSR count).